The zero-order valence-corrected chi connectivity index (χ0v) is 11.9. The van der Waals surface area contributed by atoms with Crippen LogP contribution in [0.1, 0.15) is 20.8 Å². The van der Waals surface area contributed by atoms with E-state index in [0.717, 1.165) is 0 Å². The van der Waals surface area contributed by atoms with E-state index < -0.39 is 11.9 Å². The molecule has 108 valence electrons. The molecule has 0 saturated carbocycles. The molecule has 1 unspecified atom stereocenters. The standard InChI is InChI=1S/C14H22FNO3/c1-14(2,3)19-9-11(17)8-16-10-5-6-13(18-4)12(15)7-10/h5-7,11,16-17H,8-9H2,1-4H3. The summed E-state index contributed by atoms with van der Waals surface area (Å²) in [6.45, 7) is 6.29. The van der Waals surface area contributed by atoms with Gasteiger partial charge in [0.15, 0.2) is 11.6 Å². The van der Waals surface area contributed by atoms with Crippen molar-refractivity contribution in [3.05, 3.63) is 24.0 Å². The average Bonchev–Trinajstić information content (AvgIpc) is 2.33. The molecule has 0 amide bonds. The molecule has 0 fully saturated rings. The molecular formula is C14H22FNO3. The summed E-state index contributed by atoms with van der Waals surface area (Å²) in [5.41, 5.74) is 0.306. The van der Waals surface area contributed by atoms with Crippen LogP contribution in [-0.2, 0) is 4.74 Å². The number of aliphatic hydroxyl groups excluding tert-OH is 1. The van der Waals surface area contributed by atoms with Gasteiger partial charge in [0.1, 0.15) is 0 Å². The van der Waals surface area contributed by atoms with Crippen molar-refractivity contribution in [2.45, 2.75) is 32.5 Å². The minimum Gasteiger partial charge on any atom is -0.494 e. The van der Waals surface area contributed by atoms with E-state index in [-0.39, 0.29) is 18.0 Å². The molecule has 0 aliphatic rings. The van der Waals surface area contributed by atoms with E-state index in [4.69, 9.17) is 9.47 Å². The second-order valence-electron chi connectivity index (χ2n) is 5.31. The topological polar surface area (TPSA) is 50.7 Å². The highest BCUT2D eigenvalue weighted by Crippen LogP contribution is 2.20. The molecule has 19 heavy (non-hydrogen) atoms. The quantitative estimate of drug-likeness (QED) is 0.834. The van der Waals surface area contributed by atoms with Crippen LogP contribution in [0.25, 0.3) is 0 Å². The van der Waals surface area contributed by atoms with Crippen molar-refractivity contribution in [1.29, 1.82) is 0 Å². The Bertz CT molecular complexity index is 404. The van der Waals surface area contributed by atoms with Gasteiger partial charge in [-0.3, -0.25) is 0 Å². The molecule has 0 aliphatic heterocycles. The third kappa shape index (κ3) is 5.89. The van der Waals surface area contributed by atoms with Crippen LogP contribution in [0.4, 0.5) is 10.1 Å². The van der Waals surface area contributed by atoms with Crippen LogP contribution in [0.2, 0.25) is 0 Å². The fourth-order valence-corrected chi connectivity index (χ4v) is 1.42. The molecule has 0 heterocycles. The van der Waals surface area contributed by atoms with Crippen molar-refractivity contribution in [3.63, 3.8) is 0 Å². The zero-order chi connectivity index (χ0) is 14.5. The van der Waals surface area contributed by atoms with Gasteiger partial charge in [-0.1, -0.05) is 0 Å². The van der Waals surface area contributed by atoms with E-state index in [0.29, 0.717) is 12.2 Å². The average molecular weight is 271 g/mol. The third-order valence-electron chi connectivity index (χ3n) is 2.40. The molecule has 4 nitrogen and oxygen atoms in total. The Labute approximate surface area is 113 Å². The summed E-state index contributed by atoms with van der Waals surface area (Å²) in [7, 11) is 1.42. The Kier molecular flexibility index (Phi) is 5.57. The summed E-state index contributed by atoms with van der Waals surface area (Å²) in [6.07, 6.45) is -0.649. The summed E-state index contributed by atoms with van der Waals surface area (Å²) in [4.78, 5) is 0. The fourth-order valence-electron chi connectivity index (χ4n) is 1.42. The first-order valence-corrected chi connectivity index (χ1v) is 6.21. The van der Waals surface area contributed by atoms with Crippen LogP contribution in [0, 0.1) is 5.82 Å². The minimum absolute atomic E-state index is 0.196. The number of nitrogens with one attached hydrogen (secondary N) is 1. The molecule has 1 rings (SSSR count). The van der Waals surface area contributed by atoms with Crippen molar-refractivity contribution in [2.75, 3.05) is 25.6 Å². The number of methoxy groups -OCH3 is 1. The molecule has 1 aromatic rings. The number of ether oxygens (including phenoxy) is 2. The third-order valence-corrected chi connectivity index (χ3v) is 2.40. The molecule has 0 radical (unpaired) electrons. The Morgan fingerprint density at radius 2 is 2.05 bits per heavy atom. The van der Waals surface area contributed by atoms with Gasteiger partial charge in [-0.15, -0.1) is 0 Å². The predicted molar refractivity (Wildman–Crippen MR) is 73.2 cm³/mol. The molecule has 1 atom stereocenters. The van der Waals surface area contributed by atoms with Crippen LogP contribution in [-0.4, -0.2) is 37.1 Å². The second kappa shape index (κ2) is 6.73. The van der Waals surface area contributed by atoms with E-state index in [1.54, 1.807) is 6.07 Å². The molecule has 0 aromatic heterocycles. The lowest BCUT2D eigenvalue weighted by molar-refractivity contribution is -0.0449. The summed E-state index contributed by atoms with van der Waals surface area (Å²) in [5.74, 6) is -0.241. The number of aliphatic hydroxyl groups is 1. The first-order valence-electron chi connectivity index (χ1n) is 6.21. The van der Waals surface area contributed by atoms with Crippen molar-refractivity contribution in [1.82, 2.24) is 0 Å². The van der Waals surface area contributed by atoms with Gasteiger partial charge in [-0.25, -0.2) is 4.39 Å². The number of benzene rings is 1. The minimum atomic E-state index is -0.649. The number of halogens is 1. The van der Waals surface area contributed by atoms with Gasteiger partial charge < -0.3 is 19.9 Å². The van der Waals surface area contributed by atoms with Crippen molar-refractivity contribution >= 4 is 5.69 Å². The first kappa shape index (κ1) is 15.7. The van der Waals surface area contributed by atoms with E-state index in [1.807, 2.05) is 20.8 Å². The summed E-state index contributed by atoms with van der Waals surface area (Å²) >= 11 is 0. The number of hydrogen-bond donors (Lipinski definition) is 2. The van der Waals surface area contributed by atoms with Gasteiger partial charge in [-0.05, 0) is 32.9 Å². The van der Waals surface area contributed by atoms with E-state index in [1.165, 1.54) is 19.2 Å². The molecule has 2 N–H and O–H groups in total. The highest BCUT2D eigenvalue weighted by atomic mass is 19.1. The van der Waals surface area contributed by atoms with Gasteiger partial charge in [0.25, 0.3) is 0 Å². The van der Waals surface area contributed by atoms with Crippen LogP contribution in [0.5, 0.6) is 5.75 Å². The van der Waals surface area contributed by atoms with E-state index in [9.17, 15) is 9.50 Å². The maximum absolute atomic E-state index is 13.4. The van der Waals surface area contributed by atoms with E-state index >= 15 is 0 Å². The number of anilines is 1. The molecule has 1 aromatic carbocycles. The maximum Gasteiger partial charge on any atom is 0.167 e. The normalized spacial score (nSPS) is 13.2. The highest BCUT2D eigenvalue weighted by molar-refractivity contribution is 5.47. The second-order valence-corrected chi connectivity index (χ2v) is 5.31. The largest absolute Gasteiger partial charge is 0.494 e. The summed E-state index contributed by atoms with van der Waals surface area (Å²) in [6, 6.07) is 4.56. The Hall–Kier alpha value is -1.33. The van der Waals surface area contributed by atoms with Crippen LogP contribution < -0.4 is 10.1 Å². The molecule has 0 spiro atoms. The SMILES string of the molecule is COc1ccc(NCC(O)COC(C)(C)C)cc1F. The van der Waals surface area contributed by atoms with Gasteiger partial charge in [0.05, 0.1) is 25.4 Å². The monoisotopic (exact) mass is 271 g/mol. The number of hydrogen-bond acceptors (Lipinski definition) is 4. The zero-order valence-electron chi connectivity index (χ0n) is 11.9. The van der Waals surface area contributed by atoms with E-state index in [2.05, 4.69) is 5.32 Å². The molecule has 5 heteroatoms. The lowest BCUT2D eigenvalue weighted by Gasteiger charge is -2.22. The van der Waals surface area contributed by atoms with Crippen LogP contribution in [0.3, 0.4) is 0 Å². The summed E-state index contributed by atoms with van der Waals surface area (Å²) < 4.78 is 23.7. The lowest BCUT2D eigenvalue weighted by atomic mass is 10.2. The summed E-state index contributed by atoms with van der Waals surface area (Å²) in [5, 5.41) is 12.7. The highest BCUT2D eigenvalue weighted by Gasteiger charge is 2.13. The smallest absolute Gasteiger partial charge is 0.167 e. The molecule has 0 bridgehead atoms. The molecular weight excluding hydrogens is 249 g/mol. The Balaban J connectivity index is 2.42. The van der Waals surface area contributed by atoms with Crippen molar-refractivity contribution < 1.29 is 19.0 Å². The Morgan fingerprint density at radius 1 is 1.37 bits per heavy atom. The number of rotatable bonds is 6. The molecule has 0 aliphatic carbocycles. The Morgan fingerprint density at radius 3 is 2.58 bits per heavy atom. The predicted octanol–water partition coefficient (Wildman–Crippen LogP) is 2.42. The van der Waals surface area contributed by atoms with Gasteiger partial charge in [0, 0.05) is 18.3 Å². The first-order chi connectivity index (χ1) is 8.81. The van der Waals surface area contributed by atoms with Crippen molar-refractivity contribution in [2.24, 2.45) is 0 Å². The lowest BCUT2D eigenvalue weighted by Crippen LogP contribution is -2.30. The van der Waals surface area contributed by atoms with Crippen LogP contribution >= 0.6 is 0 Å². The maximum atomic E-state index is 13.4. The van der Waals surface area contributed by atoms with Gasteiger partial charge in [-0.2, -0.15) is 0 Å². The van der Waals surface area contributed by atoms with Gasteiger partial charge in [0.2, 0.25) is 0 Å². The van der Waals surface area contributed by atoms with Gasteiger partial charge >= 0.3 is 0 Å². The molecule has 0 saturated heterocycles. The van der Waals surface area contributed by atoms with Crippen LogP contribution in [0.15, 0.2) is 18.2 Å². The fraction of sp³-hybridized carbons (Fsp3) is 0.571. The van der Waals surface area contributed by atoms with Crippen molar-refractivity contribution in [3.8, 4) is 5.75 Å².